The minimum absolute atomic E-state index is 0.869. The van der Waals surface area contributed by atoms with E-state index in [0.29, 0.717) is 0 Å². The molecule has 7 nitrogen and oxygen atoms in total. The van der Waals surface area contributed by atoms with Crippen molar-refractivity contribution in [2.75, 3.05) is 37.6 Å². The maximum absolute atomic E-state index is 4.78. The summed E-state index contributed by atoms with van der Waals surface area (Å²) in [7, 11) is 0. The first-order valence-electron chi connectivity index (χ1n) is 7.42. The molecule has 1 aliphatic heterocycles. The lowest BCUT2D eigenvalue weighted by molar-refractivity contribution is 0.257. The Bertz CT molecular complexity index is 577. The van der Waals surface area contributed by atoms with Crippen LogP contribution in [0.5, 0.6) is 0 Å². The predicted octanol–water partition coefficient (Wildman–Crippen LogP) is 1.08. The van der Waals surface area contributed by atoms with Gasteiger partial charge in [0, 0.05) is 38.4 Å². The van der Waals surface area contributed by atoms with Gasteiger partial charge in [-0.1, -0.05) is 5.16 Å². The van der Waals surface area contributed by atoms with Crippen LogP contribution in [0.2, 0.25) is 0 Å². The van der Waals surface area contributed by atoms with Crippen LogP contribution in [0.3, 0.4) is 0 Å². The summed E-state index contributed by atoms with van der Waals surface area (Å²) in [5.74, 6) is 0.885. The Morgan fingerprint density at radius 1 is 1.05 bits per heavy atom. The minimum Gasteiger partial charge on any atom is -0.350 e. The second kappa shape index (κ2) is 5.85. The van der Waals surface area contributed by atoms with Gasteiger partial charge in [0.25, 0.3) is 0 Å². The molecule has 7 heteroatoms. The quantitative estimate of drug-likeness (QED) is 0.908. The van der Waals surface area contributed by atoms with Gasteiger partial charge in [-0.05, 0) is 37.9 Å². The van der Waals surface area contributed by atoms with E-state index in [-0.39, 0.29) is 0 Å². The summed E-state index contributed by atoms with van der Waals surface area (Å²) in [5.41, 5.74) is 4.54. The summed E-state index contributed by atoms with van der Waals surface area (Å²) < 4.78 is 4.78. The van der Waals surface area contributed by atoms with Gasteiger partial charge in [0.2, 0.25) is 0 Å². The molecule has 0 radical (unpaired) electrons. The van der Waals surface area contributed by atoms with Gasteiger partial charge in [-0.3, -0.25) is 10.00 Å². The van der Waals surface area contributed by atoms with Crippen molar-refractivity contribution in [1.29, 1.82) is 0 Å². The van der Waals surface area contributed by atoms with Gasteiger partial charge in [0.15, 0.2) is 5.82 Å². The van der Waals surface area contributed by atoms with E-state index in [0.717, 1.165) is 56.4 Å². The molecule has 0 spiro atoms. The molecule has 0 bridgehead atoms. The predicted molar refractivity (Wildman–Crippen MR) is 79.5 cm³/mol. The number of rotatable bonds is 4. The van der Waals surface area contributed by atoms with E-state index in [1.807, 2.05) is 6.92 Å². The Morgan fingerprint density at radius 2 is 1.81 bits per heavy atom. The number of anilines is 1. The number of nitrogens with one attached hydrogen (secondary N) is 1. The van der Waals surface area contributed by atoms with Crippen LogP contribution < -0.4 is 4.90 Å². The molecule has 114 valence electrons. The Kier molecular flexibility index (Phi) is 3.92. The topological polar surface area (TPSA) is 74.1 Å². The first kappa shape index (κ1) is 14.1. The van der Waals surface area contributed by atoms with E-state index >= 15 is 0 Å². The molecule has 0 unspecified atom stereocenters. The molecule has 3 rings (SSSR count). The van der Waals surface area contributed by atoms with Crippen LogP contribution in [-0.4, -0.2) is 58.1 Å². The first-order chi connectivity index (χ1) is 10.1. The number of H-pyrrole nitrogens is 1. The molecular formula is C14H22N6O. The highest BCUT2D eigenvalue weighted by atomic mass is 16.6. The lowest BCUT2D eigenvalue weighted by Crippen LogP contribution is -2.47. The van der Waals surface area contributed by atoms with Gasteiger partial charge in [-0.2, -0.15) is 5.10 Å². The van der Waals surface area contributed by atoms with Crippen molar-refractivity contribution in [3.05, 3.63) is 22.6 Å². The zero-order valence-electron chi connectivity index (χ0n) is 12.9. The Balaban J connectivity index is 1.51. The fourth-order valence-electron chi connectivity index (χ4n) is 2.91. The third-order valence-corrected chi connectivity index (χ3v) is 4.26. The third-order valence-electron chi connectivity index (χ3n) is 4.26. The van der Waals surface area contributed by atoms with Crippen LogP contribution in [0.25, 0.3) is 0 Å². The van der Waals surface area contributed by atoms with Gasteiger partial charge in [0.05, 0.1) is 5.69 Å². The molecule has 1 fully saturated rings. The standard InChI is InChI=1S/C14H22N6O/c1-10-13(11(2)16-15-10)4-5-19-6-8-20(9-7-19)14-12(3)17-21-18-14/h4-9H2,1-3H3,(H,15,16). The van der Waals surface area contributed by atoms with Gasteiger partial charge < -0.3 is 4.90 Å². The van der Waals surface area contributed by atoms with Crippen LogP contribution in [0.15, 0.2) is 4.63 Å². The minimum atomic E-state index is 0.869. The number of aromatic nitrogens is 4. The van der Waals surface area contributed by atoms with E-state index in [2.05, 4.69) is 44.2 Å². The first-order valence-corrected chi connectivity index (χ1v) is 7.42. The molecule has 0 saturated carbocycles. The molecule has 2 aromatic rings. The molecule has 0 atom stereocenters. The maximum Gasteiger partial charge on any atom is 0.196 e. The summed E-state index contributed by atoms with van der Waals surface area (Å²) in [5, 5.41) is 15.1. The Morgan fingerprint density at radius 3 is 2.38 bits per heavy atom. The summed E-state index contributed by atoms with van der Waals surface area (Å²) in [6, 6.07) is 0. The average Bonchev–Trinajstić information content (AvgIpc) is 3.04. The van der Waals surface area contributed by atoms with Gasteiger partial charge >= 0.3 is 0 Å². The van der Waals surface area contributed by atoms with Crippen molar-refractivity contribution in [2.24, 2.45) is 0 Å². The molecule has 2 aromatic heterocycles. The van der Waals surface area contributed by atoms with E-state index in [1.165, 1.54) is 11.3 Å². The highest BCUT2D eigenvalue weighted by Gasteiger charge is 2.21. The van der Waals surface area contributed by atoms with Crippen molar-refractivity contribution in [3.63, 3.8) is 0 Å². The van der Waals surface area contributed by atoms with E-state index in [9.17, 15) is 0 Å². The molecule has 0 aliphatic carbocycles. The lowest BCUT2D eigenvalue weighted by atomic mass is 10.1. The average molecular weight is 290 g/mol. The molecule has 1 saturated heterocycles. The fraction of sp³-hybridized carbons (Fsp3) is 0.643. The molecule has 3 heterocycles. The van der Waals surface area contributed by atoms with Crippen molar-refractivity contribution in [1.82, 2.24) is 25.4 Å². The molecule has 1 N–H and O–H groups in total. The fourth-order valence-corrected chi connectivity index (χ4v) is 2.91. The van der Waals surface area contributed by atoms with E-state index in [1.54, 1.807) is 0 Å². The number of hydrogen-bond acceptors (Lipinski definition) is 6. The van der Waals surface area contributed by atoms with Crippen LogP contribution in [-0.2, 0) is 6.42 Å². The molecule has 21 heavy (non-hydrogen) atoms. The monoisotopic (exact) mass is 290 g/mol. The smallest absolute Gasteiger partial charge is 0.196 e. The zero-order valence-corrected chi connectivity index (χ0v) is 12.9. The van der Waals surface area contributed by atoms with Crippen LogP contribution in [0.4, 0.5) is 5.82 Å². The van der Waals surface area contributed by atoms with Gasteiger partial charge in [-0.25, -0.2) is 4.63 Å². The summed E-state index contributed by atoms with van der Waals surface area (Å²) in [4.78, 5) is 4.74. The number of nitrogens with zero attached hydrogens (tertiary/aromatic N) is 5. The second-order valence-electron chi connectivity index (χ2n) is 5.66. The third kappa shape index (κ3) is 2.92. The summed E-state index contributed by atoms with van der Waals surface area (Å²) in [6.45, 7) is 11.2. The normalized spacial score (nSPS) is 16.6. The Hall–Kier alpha value is -1.89. The number of piperazine rings is 1. The maximum atomic E-state index is 4.78. The highest BCUT2D eigenvalue weighted by Crippen LogP contribution is 2.17. The van der Waals surface area contributed by atoms with Crippen molar-refractivity contribution >= 4 is 5.82 Å². The van der Waals surface area contributed by atoms with Gasteiger partial charge in [0.1, 0.15) is 5.69 Å². The summed E-state index contributed by atoms with van der Waals surface area (Å²) in [6.07, 6.45) is 1.05. The van der Waals surface area contributed by atoms with Crippen LogP contribution >= 0.6 is 0 Å². The second-order valence-corrected chi connectivity index (χ2v) is 5.66. The number of aryl methyl sites for hydroxylation is 3. The molecular weight excluding hydrogens is 268 g/mol. The van der Waals surface area contributed by atoms with Crippen molar-refractivity contribution in [3.8, 4) is 0 Å². The van der Waals surface area contributed by atoms with E-state index in [4.69, 9.17) is 4.63 Å². The van der Waals surface area contributed by atoms with E-state index < -0.39 is 0 Å². The lowest BCUT2D eigenvalue weighted by Gasteiger charge is -2.34. The SMILES string of the molecule is Cc1nonc1N1CCN(CCc2c(C)n[nH]c2C)CC1. The molecule has 0 aromatic carbocycles. The highest BCUT2D eigenvalue weighted by molar-refractivity contribution is 5.41. The number of aromatic amines is 1. The number of hydrogen-bond donors (Lipinski definition) is 1. The van der Waals surface area contributed by atoms with Crippen molar-refractivity contribution < 1.29 is 4.63 Å². The molecule has 1 aliphatic rings. The van der Waals surface area contributed by atoms with Crippen LogP contribution in [0, 0.1) is 20.8 Å². The summed E-state index contributed by atoms with van der Waals surface area (Å²) >= 11 is 0. The Labute approximate surface area is 124 Å². The van der Waals surface area contributed by atoms with Crippen LogP contribution in [0.1, 0.15) is 22.6 Å². The largest absolute Gasteiger partial charge is 0.350 e. The molecule has 0 amide bonds. The van der Waals surface area contributed by atoms with Gasteiger partial charge in [-0.15, -0.1) is 0 Å². The van der Waals surface area contributed by atoms with Crippen molar-refractivity contribution in [2.45, 2.75) is 27.2 Å². The zero-order chi connectivity index (χ0) is 14.8.